The third-order valence-electron chi connectivity index (χ3n) is 1.60. The largest absolute Gasteiger partial charge is 0.480 e. The van der Waals surface area contributed by atoms with Crippen LogP contribution in [0.25, 0.3) is 0 Å². The molecule has 0 aliphatic heterocycles. The molecular formula is C7H16Br2FN3O4S. The number of carboxylic acids is 1. The molecule has 0 aromatic heterocycles. The third kappa shape index (κ3) is 10.9. The van der Waals surface area contributed by atoms with Crippen molar-refractivity contribution >= 4 is 55.6 Å². The monoisotopic (exact) mass is 415 g/mol. The van der Waals surface area contributed by atoms with Crippen molar-refractivity contribution < 1.29 is 22.7 Å². The number of aliphatic carboxylic acids is 1. The average molecular weight is 417 g/mol. The summed E-state index contributed by atoms with van der Waals surface area (Å²) in [6.45, 7) is -1.15. The summed E-state index contributed by atoms with van der Waals surface area (Å²) >= 11 is 0. The summed E-state index contributed by atoms with van der Waals surface area (Å²) in [5.41, 5.74) is 10.1. The van der Waals surface area contributed by atoms with Crippen LogP contribution < -0.4 is 11.5 Å². The van der Waals surface area contributed by atoms with Crippen molar-refractivity contribution in [2.75, 3.05) is 24.7 Å². The maximum absolute atomic E-state index is 11.8. The topological polar surface area (TPSA) is 136 Å². The molecule has 0 aliphatic carbocycles. The van der Waals surface area contributed by atoms with Crippen LogP contribution in [0.15, 0.2) is 4.99 Å². The molecule has 0 aromatic carbocycles. The van der Waals surface area contributed by atoms with Crippen molar-refractivity contribution in [1.29, 1.82) is 0 Å². The Morgan fingerprint density at radius 1 is 1.39 bits per heavy atom. The summed E-state index contributed by atoms with van der Waals surface area (Å²) in [7, 11) is -3.62. The fraction of sp³-hybridized carbons (Fsp3) is 0.714. The van der Waals surface area contributed by atoms with E-state index in [9.17, 15) is 17.6 Å². The van der Waals surface area contributed by atoms with Crippen molar-refractivity contribution in [1.82, 2.24) is 0 Å². The number of amidine groups is 1. The zero-order valence-electron chi connectivity index (χ0n) is 9.28. The summed E-state index contributed by atoms with van der Waals surface area (Å²) in [4.78, 5) is 13.8. The van der Waals surface area contributed by atoms with Gasteiger partial charge in [0.15, 0.2) is 9.84 Å². The molecule has 0 saturated heterocycles. The molecule has 0 fully saturated rings. The van der Waals surface area contributed by atoms with Crippen LogP contribution in [0.2, 0.25) is 0 Å². The second-order valence-corrected chi connectivity index (χ2v) is 5.29. The van der Waals surface area contributed by atoms with Crippen LogP contribution in [0.3, 0.4) is 0 Å². The highest BCUT2D eigenvalue weighted by molar-refractivity contribution is 8.93. The van der Waals surface area contributed by atoms with Gasteiger partial charge in [-0.1, -0.05) is 0 Å². The number of rotatable bonds is 7. The maximum Gasteiger partial charge on any atom is 0.321 e. The first-order chi connectivity index (χ1) is 7.28. The minimum atomic E-state index is -3.62. The lowest BCUT2D eigenvalue weighted by Crippen LogP contribution is -2.38. The molecule has 0 bridgehead atoms. The van der Waals surface area contributed by atoms with E-state index in [1.54, 1.807) is 0 Å². The van der Waals surface area contributed by atoms with Gasteiger partial charge in [0.25, 0.3) is 0 Å². The van der Waals surface area contributed by atoms with E-state index < -0.39 is 40.0 Å². The van der Waals surface area contributed by atoms with Crippen molar-refractivity contribution in [2.24, 2.45) is 16.5 Å². The van der Waals surface area contributed by atoms with Gasteiger partial charge < -0.3 is 16.6 Å². The number of carboxylic acid groups (broad SMARTS) is 1. The predicted molar refractivity (Wildman–Crippen MR) is 77.4 cm³/mol. The van der Waals surface area contributed by atoms with E-state index in [4.69, 9.17) is 16.6 Å². The average Bonchev–Trinajstić information content (AvgIpc) is 2.16. The van der Waals surface area contributed by atoms with Crippen LogP contribution >= 0.6 is 34.0 Å². The first-order valence-corrected chi connectivity index (χ1v) is 6.14. The highest BCUT2D eigenvalue weighted by Gasteiger charge is 2.20. The summed E-state index contributed by atoms with van der Waals surface area (Å²) in [5, 5.41) is 8.41. The second-order valence-electron chi connectivity index (χ2n) is 3.07. The molecular weight excluding hydrogens is 401 g/mol. The second kappa shape index (κ2) is 10.6. The minimum absolute atomic E-state index is 0. The summed E-state index contributed by atoms with van der Waals surface area (Å²) in [6.07, 6.45) is 0. The van der Waals surface area contributed by atoms with Gasteiger partial charge in [-0.15, -0.1) is 34.0 Å². The Labute approximate surface area is 125 Å². The molecule has 0 saturated carbocycles. The predicted octanol–water partition coefficient (Wildman–Crippen LogP) is -0.704. The van der Waals surface area contributed by atoms with Gasteiger partial charge in [0.05, 0.1) is 18.1 Å². The molecule has 0 amide bonds. The number of aliphatic imine (C=N–C) groups is 1. The molecule has 5 N–H and O–H groups in total. The Balaban J connectivity index is -0.00000112. The van der Waals surface area contributed by atoms with Crippen LogP contribution in [-0.4, -0.2) is 56.1 Å². The molecule has 110 valence electrons. The van der Waals surface area contributed by atoms with E-state index in [1.165, 1.54) is 0 Å². The SMILES string of the molecule is Br.Br.NC(CF)=NCCS(=O)(=O)CC(N)C(=O)O. The fourth-order valence-corrected chi connectivity index (χ4v) is 2.02. The molecule has 0 spiro atoms. The number of carbonyl (C=O) groups is 1. The molecule has 0 aromatic rings. The van der Waals surface area contributed by atoms with E-state index in [-0.39, 0.29) is 46.3 Å². The molecule has 7 nitrogen and oxygen atoms in total. The van der Waals surface area contributed by atoms with Crippen LogP contribution in [0.4, 0.5) is 4.39 Å². The fourth-order valence-electron chi connectivity index (χ4n) is 0.799. The van der Waals surface area contributed by atoms with Crippen LogP contribution in [0.1, 0.15) is 0 Å². The lowest BCUT2D eigenvalue weighted by atomic mass is 10.4. The van der Waals surface area contributed by atoms with E-state index in [0.29, 0.717) is 0 Å². The summed E-state index contributed by atoms with van der Waals surface area (Å²) in [6, 6.07) is -1.47. The Morgan fingerprint density at radius 2 is 1.89 bits per heavy atom. The van der Waals surface area contributed by atoms with Crippen molar-refractivity contribution in [3.63, 3.8) is 0 Å². The van der Waals surface area contributed by atoms with Gasteiger partial charge >= 0.3 is 5.97 Å². The zero-order valence-corrected chi connectivity index (χ0v) is 13.5. The molecule has 0 radical (unpaired) electrons. The van der Waals surface area contributed by atoms with E-state index in [1.807, 2.05) is 0 Å². The Hall–Kier alpha value is -0.260. The number of hydrogen-bond donors (Lipinski definition) is 3. The highest BCUT2D eigenvalue weighted by atomic mass is 79.9. The number of hydrogen-bond acceptors (Lipinski definition) is 5. The van der Waals surface area contributed by atoms with Crippen molar-refractivity contribution in [3.8, 4) is 0 Å². The first kappa shape index (κ1) is 22.9. The molecule has 1 unspecified atom stereocenters. The molecule has 18 heavy (non-hydrogen) atoms. The Morgan fingerprint density at radius 3 is 2.28 bits per heavy atom. The van der Waals surface area contributed by atoms with Crippen molar-refractivity contribution in [3.05, 3.63) is 0 Å². The van der Waals surface area contributed by atoms with Gasteiger partial charge in [0.1, 0.15) is 18.6 Å². The number of alkyl halides is 1. The maximum atomic E-state index is 11.8. The van der Waals surface area contributed by atoms with Gasteiger partial charge in [-0.25, -0.2) is 12.8 Å². The minimum Gasteiger partial charge on any atom is -0.480 e. The zero-order chi connectivity index (χ0) is 12.8. The molecule has 0 heterocycles. The first-order valence-electron chi connectivity index (χ1n) is 4.32. The highest BCUT2D eigenvalue weighted by Crippen LogP contribution is 1.94. The standard InChI is InChI=1S/C7H14FN3O4S.2BrH/c8-3-6(10)11-1-2-16(14,15)4-5(9)7(12)13;;/h5H,1-4,9H2,(H2,10,11)(H,12,13);2*1H. The van der Waals surface area contributed by atoms with E-state index in [0.717, 1.165) is 0 Å². The number of nitrogens with zero attached hydrogens (tertiary/aromatic N) is 1. The smallest absolute Gasteiger partial charge is 0.321 e. The van der Waals surface area contributed by atoms with Crippen LogP contribution in [0, 0.1) is 0 Å². The van der Waals surface area contributed by atoms with E-state index in [2.05, 4.69) is 4.99 Å². The van der Waals surface area contributed by atoms with Gasteiger partial charge in [-0.2, -0.15) is 0 Å². The van der Waals surface area contributed by atoms with Gasteiger partial charge in [0, 0.05) is 0 Å². The van der Waals surface area contributed by atoms with Crippen LogP contribution in [0.5, 0.6) is 0 Å². The third-order valence-corrected chi connectivity index (χ3v) is 3.28. The Kier molecular flexibility index (Phi) is 13.5. The molecule has 1 atom stereocenters. The van der Waals surface area contributed by atoms with Gasteiger partial charge in [-0.3, -0.25) is 9.79 Å². The number of halogens is 3. The number of nitrogens with two attached hydrogens (primary N) is 2. The van der Waals surface area contributed by atoms with Gasteiger partial charge in [-0.05, 0) is 0 Å². The molecule has 0 aliphatic rings. The molecule has 11 heteroatoms. The van der Waals surface area contributed by atoms with Crippen molar-refractivity contribution in [2.45, 2.75) is 6.04 Å². The Bertz CT molecular complexity index is 377. The lowest BCUT2D eigenvalue weighted by Gasteiger charge is -2.06. The van der Waals surface area contributed by atoms with E-state index >= 15 is 0 Å². The molecule has 0 rings (SSSR count). The lowest BCUT2D eigenvalue weighted by molar-refractivity contribution is -0.137. The van der Waals surface area contributed by atoms with Crippen LogP contribution in [-0.2, 0) is 14.6 Å². The summed E-state index contributed by atoms with van der Waals surface area (Å²) < 4.78 is 34.4. The normalized spacial score (nSPS) is 13.1. The number of sulfone groups is 1. The quantitative estimate of drug-likeness (QED) is 0.370. The van der Waals surface area contributed by atoms with Gasteiger partial charge in [0.2, 0.25) is 0 Å². The summed E-state index contributed by atoms with van der Waals surface area (Å²) in [5.74, 6) is -2.77.